The third-order valence-corrected chi connectivity index (χ3v) is 6.04. The number of carbonyl (C=O) groups excluding carboxylic acids is 1. The van der Waals surface area contributed by atoms with E-state index in [0.717, 1.165) is 5.56 Å². The van der Waals surface area contributed by atoms with Crippen LogP contribution in [0.5, 0.6) is 0 Å². The highest BCUT2D eigenvalue weighted by Crippen LogP contribution is 2.30. The molecule has 5 rings (SSSR count). The Bertz CT molecular complexity index is 1430. The number of aromatic nitrogens is 4. The van der Waals surface area contributed by atoms with Gasteiger partial charge in [-0.1, -0.05) is 24.3 Å². The maximum absolute atomic E-state index is 14.1. The Morgan fingerprint density at radius 1 is 1.05 bits per heavy atom. The van der Waals surface area contributed by atoms with Gasteiger partial charge in [0.15, 0.2) is 5.82 Å². The highest BCUT2D eigenvalue weighted by molar-refractivity contribution is 5.97. The molecule has 1 aliphatic heterocycles. The van der Waals surface area contributed by atoms with Crippen molar-refractivity contribution in [1.29, 1.82) is 0 Å². The first-order chi connectivity index (χ1) is 17.7. The van der Waals surface area contributed by atoms with E-state index in [1.54, 1.807) is 62.4 Å². The summed E-state index contributed by atoms with van der Waals surface area (Å²) in [6.07, 6.45) is -2.82. The van der Waals surface area contributed by atoms with Crippen LogP contribution >= 0.6 is 0 Å². The van der Waals surface area contributed by atoms with E-state index < -0.39 is 17.8 Å². The highest BCUT2D eigenvalue weighted by Gasteiger charge is 2.24. The molecule has 0 radical (unpaired) electrons. The van der Waals surface area contributed by atoms with Gasteiger partial charge in [-0.25, -0.2) is 18.7 Å². The number of benzene rings is 2. The fourth-order valence-corrected chi connectivity index (χ4v) is 4.04. The number of nitrogens with zero attached hydrogens (tertiary/aromatic N) is 5. The Labute approximate surface area is 212 Å². The van der Waals surface area contributed by atoms with E-state index >= 15 is 0 Å². The fourth-order valence-electron chi connectivity index (χ4n) is 4.04. The second kappa shape index (κ2) is 9.83. The number of nitrogens with two attached hydrogens (primary N) is 1. The quantitative estimate of drug-likeness (QED) is 0.407. The van der Waals surface area contributed by atoms with Crippen LogP contribution in [0, 0.1) is 0 Å². The summed E-state index contributed by atoms with van der Waals surface area (Å²) < 4.78 is 34.9. The Balaban J connectivity index is 1.60. The van der Waals surface area contributed by atoms with Gasteiger partial charge in [0.1, 0.15) is 5.82 Å². The summed E-state index contributed by atoms with van der Waals surface area (Å²) >= 11 is 0. The summed E-state index contributed by atoms with van der Waals surface area (Å²) in [6, 6.07) is 15.8. The van der Waals surface area contributed by atoms with E-state index in [4.69, 9.17) is 10.5 Å². The zero-order valence-electron chi connectivity index (χ0n) is 20.5. The van der Waals surface area contributed by atoms with Crippen molar-refractivity contribution in [3.8, 4) is 17.2 Å². The largest absolute Gasteiger partial charge is 0.378 e. The van der Waals surface area contributed by atoms with Gasteiger partial charge in [-0.2, -0.15) is 4.98 Å². The van der Waals surface area contributed by atoms with Gasteiger partial charge in [0, 0.05) is 30.4 Å². The topological polar surface area (TPSA) is 111 Å². The molecule has 192 valence electrons. The van der Waals surface area contributed by atoms with Gasteiger partial charge in [0.25, 0.3) is 6.43 Å². The van der Waals surface area contributed by atoms with Crippen molar-refractivity contribution in [2.75, 3.05) is 36.5 Å². The number of para-hydroxylation sites is 2. The predicted molar refractivity (Wildman–Crippen MR) is 137 cm³/mol. The maximum atomic E-state index is 14.1. The third-order valence-electron chi connectivity index (χ3n) is 6.04. The van der Waals surface area contributed by atoms with E-state index in [1.165, 1.54) is 4.57 Å². The predicted octanol–water partition coefficient (Wildman–Crippen LogP) is 3.93. The molecular weight excluding hydrogens is 480 g/mol. The molecule has 2 aromatic carbocycles. The molecule has 1 amide bonds. The molecule has 0 spiro atoms. The molecule has 0 bridgehead atoms. The Morgan fingerprint density at radius 3 is 2.43 bits per heavy atom. The molecular formula is C26H27F2N7O2. The lowest BCUT2D eigenvalue weighted by Gasteiger charge is -2.28. The van der Waals surface area contributed by atoms with Crippen LogP contribution in [0.15, 0.2) is 54.6 Å². The molecule has 0 aliphatic carbocycles. The number of nitrogens with one attached hydrogen (secondary N) is 1. The van der Waals surface area contributed by atoms with Crippen LogP contribution in [-0.4, -0.2) is 57.3 Å². The molecule has 2 aromatic heterocycles. The summed E-state index contributed by atoms with van der Waals surface area (Å²) in [7, 11) is 0. The second-order valence-electron chi connectivity index (χ2n) is 9.36. The third kappa shape index (κ3) is 5.13. The lowest BCUT2D eigenvalue weighted by atomic mass is 10.1. The molecule has 3 N–H and O–H groups in total. The van der Waals surface area contributed by atoms with Gasteiger partial charge in [-0.3, -0.25) is 9.36 Å². The molecule has 1 aliphatic rings. The van der Waals surface area contributed by atoms with Crippen LogP contribution in [0.25, 0.3) is 28.2 Å². The van der Waals surface area contributed by atoms with E-state index in [9.17, 15) is 13.6 Å². The number of hydrogen-bond acceptors (Lipinski definition) is 7. The zero-order valence-corrected chi connectivity index (χ0v) is 20.5. The van der Waals surface area contributed by atoms with Crippen LogP contribution in [0.1, 0.15) is 26.1 Å². The maximum Gasteiger partial charge on any atom is 0.296 e. The minimum Gasteiger partial charge on any atom is -0.378 e. The number of amides is 1. The van der Waals surface area contributed by atoms with Gasteiger partial charge in [0.2, 0.25) is 11.9 Å². The van der Waals surface area contributed by atoms with E-state index in [2.05, 4.69) is 20.3 Å². The molecule has 4 aromatic rings. The summed E-state index contributed by atoms with van der Waals surface area (Å²) in [5.41, 5.74) is 7.62. The SMILES string of the molecule is CC(C)(N)C(=O)Nc1ccc(-c2cc(N3CCOCC3)nc(-n3c(C(F)F)nc4ccccc43)n2)cc1. The number of anilines is 2. The van der Waals surface area contributed by atoms with Crippen molar-refractivity contribution in [3.63, 3.8) is 0 Å². The van der Waals surface area contributed by atoms with E-state index in [-0.39, 0.29) is 11.9 Å². The van der Waals surface area contributed by atoms with E-state index in [0.29, 0.717) is 54.5 Å². The number of imidazole rings is 1. The smallest absolute Gasteiger partial charge is 0.296 e. The first-order valence-corrected chi connectivity index (χ1v) is 11.9. The van der Waals surface area contributed by atoms with Crippen LogP contribution in [-0.2, 0) is 9.53 Å². The van der Waals surface area contributed by atoms with Gasteiger partial charge < -0.3 is 20.7 Å². The normalized spacial score (nSPS) is 14.4. The zero-order chi connectivity index (χ0) is 26.2. The fraction of sp³-hybridized carbons (Fsp3) is 0.308. The molecule has 0 saturated carbocycles. The lowest BCUT2D eigenvalue weighted by Crippen LogP contribution is -2.45. The number of alkyl halides is 2. The minimum absolute atomic E-state index is 0.102. The van der Waals surface area contributed by atoms with Crippen molar-refractivity contribution >= 4 is 28.4 Å². The summed E-state index contributed by atoms with van der Waals surface area (Å²) in [5, 5.41) is 2.78. The summed E-state index contributed by atoms with van der Waals surface area (Å²) in [4.78, 5) is 27.8. The Hall–Kier alpha value is -3.96. The minimum atomic E-state index is -2.82. The number of ether oxygens (including phenoxy) is 1. The number of rotatable bonds is 6. The van der Waals surface area contributed by atoms with E-state index in [1.807, 2.05) is 11.0 Å². The van der Waals surface area contributed by atoms with Crippen LogP contribution in [0.3, 0.4) is 0 Å². The molecule has 3 heterocycles. The lowest BCUT2D eigenvalue weighted by molar-refractivity contribution is -0.120. The molecule has 9 nitrogen and oxygen atoms in total. The van der Waals surface area contributed by atoms with Crippen molar-refractivity contribution in [2.24, 2.45) is 5.73 Å². The Kier molecular flexibility index (Phi) is 6.57. The molecule has 0 atom stereocenters. The van der Waals surface area contributed by atoms with Crippen LogP contribution in [0.4, 0.5) is 20.3 Å². The van der Waals surface area contributed by atoms with Gasteiger partial charge in [0.05, 0.1) is 35.5 Å². The van der Waals surface area contributed by atoms with Crippen LogP contribution in [0.2, 0.25) is 0 Å². The molecule has 11 heteroatoms. The van der Waals surface area contributed by atoms with Crippen molar-refractivity contribution < 1.29 is 18.3 Å². The first kappa shape index (κ1) is 24.7. The number of carbonyl (C=O) groups is 1. The average Bonchev–Trinajstić information content (AvgIpc) is 3.29. The van der Waals surface area contributed by atoms with Gasteiger partial charge in [-0.15, -0.1) is 0 Å². The van der Waals surface area contributed by atoms with Gasteiger partial charge in [-0.05, 0) is 38.1 Å². The summed E-state index contributed by atoms with van der Waals surface area (Å²) in [6.45, 7) is 5.55. The highest BCUT2D eigenvalue weighted by atomic mass is 19.3. The number of morpholine rings is 1. The van der Waals surface area contributed by atoms with Crippen LogP contribution < -0.4 is 16.0 Å². The van der Waals surface area contributed by atoms with Gasteiger partial charge >= 0.3 is 0 Å². The second-order valence-corrected chi connectivity index (χ2v) is 9.36. The number of fused-ring (bicyclic) bond motifs is 1. The average molecular weight is 508 g/mol. The summed E-state index contributed by atoms with van der Waals surface area (Å²) in [5.74, 6) is -0.0340. The molecule has 1 saturated heterocycles. The molecule has 0 unspecified atom stereocenters. The monoisotopic (exact) mass is 507 g/mol. The first-order valence-electron chi connectivity index (χ1n) is 11.9. The van der Waals surface area contributed by atoms with Crippen molar-refractivity contribution in [3.05, 3.63) is 60.4 Å². The molecule has 1 fully saturated rings. The standard InChI is InChI=1S/C26H27F2N7O2/c1-26(2,29)24(36)30-17-9-7-16(8-10-17)19-15-21(34-11-13-37-14-12-34)33-25(32-19)35-20-6-4-3-5-18(20)31-23(35)22(27)28/h3-10,15,22H,11-14,29H2,1-2H3,(H,30,36). The Morgan fingerprint density at radius 2 is 1.76 bits per heavy atom. The van der Waals surface area contributed by atoms with Crippen molar-refractivity contribution in [1.82, 2.24) is 19.5 Å². The van der Waals surface area contributed by atoms with Crippen molar-refractivity contribution in [2.45, 2.75) is 25.8 Å². The number of halogens is 2. The molecule has 37 heavy (non-hydrogen) atoms. The number of hydrogen-bond donors (Lipinski definition) is 2.